The fourth-order valence-corrected chi connectivity index (χ4v) is 1.45. The van der Waals surface area contributed by atoms with E-state index in [9.17, 15) is 0 Å². The Bertz CT molecular complexity index is 449. The Balaban J connectivity index is 2.40. The van der Waals surface area contributed by atoms with E-state index in [-0.39, 0.29) is 0 Å². The minimum atomic E-state index is 0.476. The lowest BCUT2D eigenvalue weighted by Crippen LogP contribution is -2.02. The summed E-state index contributed by atoms with van der Waals surface area (Å²) in [5, 5.41) is 4.23. The molecule has 2 aromatic rings. The van der Waals surface area contributed by atoms with Crippen LogP contribution in [0.25, 0.3) is 11.4 Å². The molecule has 0 fully saturated rings. The van der Waals surface area contributed by atoms with Crippen LogP contribution in [0.3, 0.4) is 0 Å². The molecule has 5 nitrogen and oxygen atoms in total. The average molecular weight is 203 g/mol. The second-order valence-electron chi connectivity index (χ2n) is 3.27. The van der Waals surface area contributed by atoms with Crippen molar-refractivity contribution in [2.45, 2.75) is 19.9 Å². The summed E-state index contributed by atoms with van der Waals surface area (Å²) in [5.74, 6) is 0.476. The Morgan fingerprint density at radius 3 is 3.00 bits per heavy atom. The maximum atomic E-state index is 5.61. The van der Waals surface area contributed by atoms with Gasteiger partial charge >= 0.3 is 0 Å². The molecule has 15 heavy (non-hydrogen) atoms. The Morgan fingerprint density at radius 2 is 2.27 bits per heavy atom. The zero-order valence-corrected chi connectivity index (χ0v) is 8.59. The molecule has 0 atom stereocenters. The summed E-state index contributed by atoms with van der Waals surface area (Å²) in [6.07, 6.45) is 4.27. The van der Waals surface area contributed by atoms with Crippen LogP contribution in [0, 0.1) is 0 Å². The van der Waals surface area contributed by atoms with Crippen LogP contribution in [0.4, 0.5) is 5.82 Å². The van der Waals surface area contributed by atoms with Crippen molar-refractivity contribution in [3.05, 3.63) is 24.7 Å². The van der Waals surface area contributed by atoms with Gasteiger partial charge in [0, 0.05) is 18.8 Å². The van der Waals surface area contributed by atoms with Crippen LogP contribution in [0.2, 0.25) is 0 Å². The van der Waals surface area contributed by atoms with Crippen LogP contribution < -0.4 is 5.73 Å². The van der Waals surface area contributed by atoms with Crippen LogP contribution >= 0.6 is 0 Å². The summed E-state index contributed by atoms with van der Waals surface area (Å²) in [5.41, 5.74) is 7.40. The van der Waals surface area contributed by atoms with E-state index < -0.39 is 0 Å². The van der Waals surface area contributed by atoms with E-state index in [0.29, 0.717) is 5.82 Å². The van der Waals surface area contributed by atoms with E-state index in [1.165, 1.54) is 6.33 Å². The van der Waals surface area contributed by atoms with Crippen molar-refractivity contribution in [1.82, 2.24) is 19.7 Å². The summed E-state index contributed by atoms with van der Waals surface area (Å²) >= 11 is 0. The van der Waals surface area contributed by atoms with Crippen molar-refractivity contribution in [3.63, 3.8) is 0 Å². The van der Waals surface area contributed by atoms with Crippen LogP contribution in [0.1, 0.15) is 13.3 Å². The zero-order chi connectivity index (χ0) is 10.7. The smallest absolute Gasteiger partial charge is 0.127 e. The van der Waals surface area contributed by atoms with Gasteiger partial charge in [-0.2, -0.15) is 5.10 Å². The highest BCUT2D eigenvalue weighted by Gasteiger charge is 2.06. The van der Waals surface area contributed by atoms with Gasteiger partial charge in [0.25, 0.3) is 0 Å². The first-order valence-corrected chi connectivity index (χ1v) is 4.91. The fraction of sp³-hybridized carbons (Fsp3) is 0.300. The quantitative estimate of drug-likeness (QED) is 0.817. The van der Waals surface area contributed by atoms with Gasteiger partial charge in [-0.25, -0.2) is 9.97 Å². The third kappa shape index (κ3) is 1.96. The van der Waals surface area contributed by atoms with Gasteiger partial charge in [0.2, 0.25) is 0 Å². The highest BCUT2D eigenvalue weighted by Crippen LogP contribution is 2.17. The number of nitrogens with zero attached hydrogens (tertiary/aromatic N) is 4. The van der Waals surface area contributed by atoms with Gasteiger partial charge in [0.05, 0.1) is 11.4 Å². The molecule has 0 aliphatic carbocycles. The van der Waals surface area contributed by atoms with Gasteiger partial charge in [-0.15, -0.1) is 0 Å². The van der Waals surface area contributed by atoms with Gasteiger partial charge in [-0.1, -0.05) is 6.92 Å². The predicted molar refractivity (Wildman–Crippen MR) is 58.0 cm³/mol. The van der Waals surface area contributed by atoms with Crippen LogP contribution in [0.15, 0.2) is 24.7 Å². The molecule has 2 aromatic heterocycles. The number of nitrogens with two attached hydrogens (primary N) is 1. The molecule has 0 aromatic carbocycles. The minimum absolute atomic E-state index is 0.476. The molecule has 0 amide bonds. The highest BCUT2D eigenvalue weighted by molar-refractivity contribution is 5.57. The summed E-state index contributed by atoms with van der Waals surface area (Å²) in [6.45, 7) is 2.99. The molecule has 0 bridgehead atoms. The number of anilines is 1. The second kappa shape index (κ2) is 4.08. The average Bonchev–Trinajstić information content (AvgIpc) is 2.66. The number of aromatic nitrogens is 4. The van der Waals surface area contributed by atoms with E-state index >= 15 is 0 Å². The van der Waals surface area contributed by atoms with Crippen molar-refractivity contribution in [3.8, 4) is 11.4 Å². The van der Waals surface area contributed by atoms with Crippen molar-refractivity contribution < 1.29 is 0 Å². The standard InChI is InChI=1S/C10H13N5/c1-2-5-15-9(3-4-14-15)8-6-10(11)13-7-12-8/h3-4,6-7H,2,5H2,1H3,(H2,11,12,13). The second-order valence-corrected chi connectivity index (χ2v) is 3.27. The minimum Gasteiger partial charge on any atom is -0.384 e. The molecule has 0 saturated carbocycles. The Morgan fingerprint density at radius 1 is 1.40 bits per heavy atom. The SMILES string of the molecule is CCCn1nccc1-c1cc(N)ncn1. The van der Waals surface area contributed by atoms with Gasteiger partial charge in [-0.05, 0) is 12.5 Å². The maximum Gasteiger partial charge on any atom is 0.127 e. The number of rotatable bonds is 3. The van der Waals surface area contributed by atoms with E-state index in [1.807, 2.05) is 10.7 Å². The lowest BCUT2D eigenvalue weighted by atomic mass is 10.3. The summed E-state index contributed by atoms with van der Waals surface area (Å²) in [7, 11) is 0. The molecule has 0 unspecified atom stereocenters. The molecule has 0 radical (unpaired) electrons. The summed E-state index contributed by atoms with van der Waals surface area (Å²) in [4.78, 5) is 8.04. The molecule has 0 aliphatic heterocycles. The van der Waals surface area contributed by atoms with Crippen molar-refractivity contribution in [2.24, 2.45) is 0 Å². The Kier molecular flexibility index (Phi) is 2.62. The van der Waals surface area contributed by atoms with E-state index in [2.05, 4.69) is 22.0 Å². The first-order valence-electron chi connectivity index (χ1n) is 4.91. The third-order valence-electron chi connectivity index (χ3n) is 2.10. The first-order chi connectivity index (χ1) is 7.31. The van der Waals surface area contributed by atoms with E-state index in [0.717, 1.165) is 24.4 Å². The van der Waals surface area contributed by atoms with E-state index in [1.54, 1.807) is 12.3 Å². The first kappa shape index (κ1) is 9.64. The molecule has 2 rings (SSSR count). The number of hydrogen-bond acceptors (Lipinski definition) is 4. The number of nitrogen functional groups attached to an aromatic ring is 1. The fourth-order valence-electron chi connectivity index (χ4n) is 1.45. The molecular weight excluding hydrogens is 190 g/mol. The lowest BCUT2D eigenvalue weighted by Gasteiger charge is -2.05. The summed E-state index contributed by atoms with van der Waals surface area (Å²) in [6, 6.07) is 3.68. The Hall–Kier alpha value is -1.91. The largest absolute Gasteiger partial charge is 0.384 e. The van der Waals surface area contributed by atoms with Gasteiger partial charge < -0.3 is 5.73 Å². The monoisotopic (exact) mass is 203 g/mol. The van der Waals surface area contributed by atoms with E-state index in [4.69, 9.17) is 5.73 Å². The van der Waals surface area contributed by atoms with Gasteiger partial charge in [0.1, 0.15) is 12.1 Å². The molecule has 0 saturated heterocycles. The summed E-state index contributed by atoms with van der Waals surface area (Å²) < 4.78 is 1.92. The molecule has 2 N–H and O–H groups in total. The van der Waals surface area contributed by atoms with Crippen molar-refractivity contribution in [1.29, 1.82) is 0 Å². The zero-order valence-electron chi connectivity index (χ0n) is 8.59. The molecule has 0 spiro atoms. The van der Waals surface area contributed by atoms with Crippen molar-refractivity contribution >= 4 is 5.82 Å². The normalized spacial score (nSPS) is 10.5. The van der Waals surface area contributed by atoms with Gasteiger partial charge in [0.15, 0.2) is 0 Å². The maximum absolute atomic E-state index is 5.61. The Labute approximate surface area is 88.0 Å². The van der Waals surface area contributed by atoms with Gasteiger partial charge in [-0.3, -0.25) is 4.68 Å². The predicted octanol–water partition coefficient (Wildman–Crippen LogP) is 1.33. The van der Waals surface area contributed by atoms with Crippen LogP contribution in [-0.2, 0) is 6.54 Å². The highest BCUT2D eigenvalue weighted by atomic mass is 15.3. The lowest BCUT2D eigenvalue weighted by molar-refractivity contribution is 0.608. The topological polar surface area (TPSA) is 69.6 Å². The molecule has 5 heteroatoms. The molecule has 2 heterocycles. The molecule has 0 aliphatic rings. The number of hydrogen-bond donors (Lipinski definition) is 1. The number of aryl methyl sites for hydroxylation is 1. The molecule has 78 valence electrons. The molecular formula is C10H13N5. The third-order valence-corrected chi connectivity index (χ3v) is 2.10. The van der Waals surface area contributed by atoms with Crippen LogP contribution in [-0.4, -0.2) is 19.7 Å². The van der Waals surface area contributed by atoms with Crippen LogP contribution in [0.5, 0.6) is 0 Å². The van der Waals surface area contributed by atoms with Crippen molar-refractivity contribution in [2.75, 3.05) is 5.73 Å².